The first-order valence-corrected chi connectivity index (χ1v) is 2.94. The van der Waals surface area contributed by atoms with Crippen molar-refractivity contribution in [1.82, 2.24) is 0 Å². The zero-order valence-electron chi connectivity index (χ0n) is 5.96. The molecule has 0 radical (unpaired) electrons. The molecule has 0 spiro atoms. The van der Waals surface area contributed by atoms with E-state index in [9.17, 15) is 14.5 Å². The first-order chi connectivity index (χ1) is 4.57. The van der Waals surface area contributed by atoms with Gasteiger partial charge in [-0.3, -0.25) is 9.59 Å². The van der Waals surface area contributed by atoms with Crippen molar-refractivity contribution in [3.8, 4) is 0 Å². The number of carbonyl (C=O) groups is 2. The fourth-order valence-electron chi connectivity index (χ4n) is 0.443. The van der Waals surface area contributed by atoms with E-state index in [0.717, 1.165) is 0 Å². The SMILES string of the molecule is CC(=O)C(C)CC(=O)N=O. The third-order valence-corrected chi connectivity index (χ3v) is 1.28. The molecule has 56 valence electrons. The van der Waals surface area contributed by atoms with E-state index in [4.69, 9.17) is 0 Å². The van der Waals surface area contributed by atoms with Gasteiger partial charge in [0.05, 0.1) is 0 Å². The number of ketones is 1. The van der Waals surface area contributed by atoms with Gasteiger partial charge in [-0.25, -0.2) is 0 Å². The lowest BCUT2D eigenvalue weighted by Gasteiger charge is -1.99. The lowest BCUT2D eigenvalue weighted by atomic mass is 10.0. The average Bonchev–Trinajstić information content (AvgIpc) is 1.87. The second-order valence-electron chi connectivity index (χ2n) is 2.20. The first-order valence-electron chi connectivity index (χ1n) is 2.94. The highest BCUT2D eigenvalue weighted by atomic mass is 16.3. The van der Waals surface area contributed by atoms with Crippen molar-refractivity contribution in [2.45, 2.75) is 20.3 Å². The van der Waals surface area contributed by atoms with Crippen molar-refractivity contribution >= 4 is 11.7 Å². The molecule has 4 nitrogen and oxygen atoms in total. The van der Waals surface area contributed by atoms with Gasteiger partial charge in [-0.15, -0.1) is 4.91 Å². The summed E-state index contributed by atoms with van der Waals surface area (Å²) in [5.41, 5.74) is 0. The van der Waals surface area contributed by atoms with Crippen LogP contribution in [0.5, 0.6) is 0 Å². The van der Waals surface area contributed by atoms with Gasteiger partial charge in [-0.05, 0) is 6.92 Å². The smallest absolute Gasteiger partial charge is 0.287 e. The van der Waals surface area contributed by atoms with Crippen LogP contribution in [0.25, 0.3) is 0 Å². The van der Waals surface area contributed by atoms with Crippen molar-refractivity contribution in [3.63, 3.8) is 0 Å². The van der Waals surface area contributed by atoms with Gasteiger partial charge in [-0.2, -0.15) is 0 Å². The molecular formula is C6H9NO3. The standard InChI is InChI=1S/C6H9NO3/c1-4(5(2)8)3-6(9)7-10/h4H,3H2,1-2H3. The quantitative estimate of drug-likeness (QED) is 0.551. The second-order valence-corrected chi connectivity index (χ2v) is 2.20. The summed E-state index contributed by atoms with van der Waals surface area (Å²) in [4.78, 5) is 30.3. The molecule has 1 atom stereocenters. The van der Waals surface area contributed by atoms with Gasteiger partial charge in [0, 0.05) is 17.5 Å². The zero-order chi connectivity index (χ0) is 8.15. The predicted molar refractivity (Wildman–Crippen MR) is 35.3 cm³/mol. The number of rotatable bonds is 3. The van der Waals surface area contributed by atoms with Gasteiger partial charge >= 0.3 is 0 Å². The summed E-state index contributed by atoms with van der Waals surface area (Å²) in [6, 6.07) is 0. The third-order valence-electron chi connectivity index (χ3n) is 1.28. The predicted octanol–water partition coefficient (Wildman–Crippen LogP) is 0.895. The normalized spacial score (nSPS) is 12.2. The summed E-state index contributed by atoms with van der Waals surface area (Å²) < 4.78 is 0. The number of nitroso groups, excluding NO2 is 1. The number of hydrogen-bond acceptors (Lipinski definition) is 3. The largest absolute Gasteiger partial charge is 0.300 e. The van der Waals surface area contributed by atoms with Crippen LogP contribution in [-0.4, -0.2) is 11.7 Å². The van der Waals surface area contributed by atoms with Crippen LogP contribution in [0.2, 0.25) is 0 Å². The molecule has 0 aromatic heterocycles. The third kappa shape index (κ3) is 3.06. The summed E-state index contributed by atoms with van der Waals surface area (Å²) >= 11 is 0. The molecule has 0 aliphatic heterocycles. The second kappa shape index (κ2) is 3.87. The minimum Gasteiger partial charge on any atom is -0.300 e. The number of Topliss-reactive ketones (excluding diaryl/α,β-unsaturated/α-hetero) is 1. The van der Waals surface area contributed by atoms with E-state index in [1.807, 2.05) is 0 Å². The molecule has 0 aromatic rings. The van der Waals surface area contributed by atoms with Crippen molar-refractivity contribution in [2.24, 2.45) is 11.1 Å². The minimum absolute atomic E-state index is 0.0706. The molecule has 0 heterocycles. The zero-order valence-corrected chi connectivity index (χ0v) is 5.96. The monoisotopic (exact) mass is 143 g/mol. The van der Waals surface area contributed by atoms with Crippen LogP contribution >= 0.6 is 0 Å². The molecule has 4 heteroatoms. The van der Waals surface area contributed by atoms with Crippen LogP contribution in [0, 0.1) is 10.8 Å². The lowest BCUT2D eigenvalue weighted by Crippen LogP contribution is -2.10. The van der Waals surface area contributed by atoms with E-state index in [1.165, 1.54) is 6.92 Å². The molecule has 1 unspecified atom stereocenters. The van der Waals surface area contributed by atoms with Crippen LogP contribution in [0.15, 0.2) is 5.18 Å². The maximum Gasteiger partial charge on any atom is 0.287 e. The van der Waals surface area contributed by atoms with Gasteiger partial charge in [-0.1, -0.05) is 6.92 Å². The molecule has 0 fully saturated rings. The van der Waals surface area contributed by atoms with Crippen LogP contribution in [0.4, 0.5) is 0 Å². The summed E-state index contributed by atoms with van der Waals surface area (Å²) in [7, 11) is 0. The Morgan fingerprint density at radius 3 is 2.30 bits per heavy atom. The summed E-state index contributed by atoms with van der Waals surface area (Å²) in [6.45, 7) is 2.97. The molecule has 0 aliphatic carbocycles. The van der Waals surface area contributed by atoms with E-state index < -0.39 is 5.91 Å². The Morgan fingerprint density at radius 2 is 2.00 bits per heavy atom. The van der Waals surface area contributed by atoms with Gasteiger partial charge in [0.1, 0.15) is 5.78 Å². The molecular weight excluding hydrogens is 134 g/mol. The number of amides is 1. The summed E-state index contributed by atoms with van der Waals surface area (Å²) in [6.07, 6.45) is -0.0706. The Labute approximate surface area is 58.6 Å². The topological polar surface area (TPSA) is 63.6 Å². The number of carbonyl (C=O) groups excluding carboxylic acids is 2. The van der Waals surface area contributed by atoms with E-state index in [1.54, 1.807) is 6.92 Å². The highest BCUT2D eigenvalue weighted by Crippen LogP contribution is 2.03. The highest BCUT2D eigenvalue weighted by Gasteiger charge is 2.12. The van der Waals surface area contributed by atoms with Gasteiger partial charge in [0.25, 0.3) is 5.91 Å². The Kier molecular flexibility index (Phi) is 3.46. The Hall–Kier alpha value is -1.06. The fourth-order valence-corrected chi connectivity index (χ4v) is 0.443. The van der Waals surface area contributed by atoms with Crippen LogP contribution in [-0.2, 0) is 9.59 Å². The van der Waals surface area contributed by atoms with E-state index in [-0.39, 0.29) is 18.1 Å². The highest BCUT2D eigenvalue weighted by molar-refractivity contribution is 5.85. The Morgan fingerprint density at radius 1 is 1.50 bits per heavy atom. The molecule has 1 amide bonds. The van der Waals surface area contributed by atoms with Gasteiger partial charge in [0.2, 0.25) is 0 Å². The van der Waals surface area contributed by atoms with Crippen LogP contribution < -0.4 is 0 Å². The molecule has 0 aliphatic rings. The maximum atomic E-state index is 10.5. The molecule has 0 saturated carbocycles. The van der Waals surface area contributed by atoms with Crippen molar-refractivity contribution in [3.05, 3.63) is 4.91 Å². The minimum atomic E-state index is -0.761. The Balaban J connectivity index is 3.79. The molecule has 10 heavy (non-hydrogen) atoms. The van der Waals surface area contributed by atoms with E-state index >= 15 is 0 Å². The molecule has 0 aromatic carbocycles. The van der Waals surface area contributed by atoms with E-state index in [2.05, 4.69) is 5.18 Å². The van der Waals surface area contributed by atoms with Crippen LogP contribution in [0.3, 0.4) is 0 Å². The van der Waals surface area contributed by atoms with Crippen molar-refractivity contribution in [2.75, 3.05) is 0 Å². The number of hydrogen-bond donors (Lipinski definition) is 0. The van der Waals surface area contributed by atoms with Crippen molar-refractivity contribution < 1.29 is 9.59 Å². The molecule has 0 saturated heterocycles. The van der Waals surface area contributed by atoms with Crippen molar-refractivity contribution in [1.29, 1.82) is 0 Å². The average molecular weight is 143 g/mol. The fraction of sp³-hybridized carbons (Fsp3) is 0.667. The van der Waals surface area contributed by atoms with Crippen LogP contribution in [0.1, 0.15) is 20.3 Å². The maximum absolute atomic E-state index is 10.5. The van der Waals surface area contributed by atoms with E-state index in [0.29, 0.717) is 0 Å². The molecule has 0 bridgehead atoms. The number of nitrogens with zero attached hydrogens (tertiary/aromatic N) is 1. The Bertz CT molecular complexity index is 164. The van der Waals surface area contributed by atoms with Gasteiger partial charge in [0.15, 0.2) is 0 Å². The molecule has 0 N–H and O–H groups in total. The first kappa shape index (κ1) is 8.94. The summed E-state index contributed by atoms with van der Waals surface area (Å²) in [5.74, 6) is -1.25. The lowest BCUT2D eigenvalue weighted by molar-refractivity contribution is -0.125. The molecule has 0 rings (SSSR count). The van der Waals surface area contributed by atoms with Gasteiger partial charge < -0.3 is 0 Å². The summed E-state index contributed by atoms with van der Waals surface area (Å²) in [5, 5.41) is 2.17.